The van der Waals surface area contributed by atoms with Crippen LogP contribution < -0.4 is 20.2 Å². The van der Waals surface area contributed by atoms with Crippen molar-refractivity contribution in [2.75, 3.05) is 12.4 Å². The van der Waals surface area contributed by atoms with E-state index in [-0.39, 0.29) is 0 Å². The van der Waals surface area contributed by atoms with Gasteiger partial charge in [-0.25, -0.2) is 5.43 Å². The first-order valence-corrected chi connectivity index (χ1v) is 10.5. The fraction of sp³-hybridized carbons (Fsp3) is 0.160. The Morgan fingerprint density at radius 1 is 0.970 bits per heavy atom. The van der Waals surface area contributed by atoms with Crippen LogP contribution in [0.2, 0.25) is 5.02 Å². The molecule has 0 atom stereocenters. The van der Waals surface area contributed by atoms with Crippen molar-refractivity contribution in [3.05, 3.63) is 88.4 Å². The Labute approximate surface area is 197 Å². The highest BCUT2D eigenvalue weighted by atomic mass is 35.5. The summed E-state index contributed by atoms with van der Waals surface area (Å²) in [5.74, 6) is -0.647. The third kappa shape index (κ3) is 6.57. The van der Waals surface area contributed by atoms with Gasteiger partial charge < -0.3 is 14.8 Å². The predicted molar refractivity (Wildman–Crippen MR) is 129 cm³/mol. The van der Waals surface area contributed by atoms with Gasteiger partial charge in [0.05, 0.1) is 12.8 Å². The molecule has 0 aliphatic carbocycles. The van der Waals surface area contributed by atoms with E-state index in [1.165, 1.54) is 0 Å². The molecule has 2 N–H and O–H groups in total. The molecule has 0 spiro atoms. The molecule has 3 aromatic rings. The second kappa shape index (κ2) is 11.2. The summed E-state index contributed by atoms with van der Waals surface area (Å²) in [5, 5.41) is 7.00. The van der Waals surface area contributed by atoms with Crippen molar-refractivity contribution in [3.63, 3.8) is 0 Å². The van der Waals surface area contributed by atoms with Crippen molar-refractivity contribution in [1.82, 2.24) is 5.43 Å². The van der Waals surface area contributed by atoms with Gasteiger partial charge in [0.15, 0.2) is 11.5 Å². The number of aryl methyl sites for hydroxylation is 1. The average molecular weight is 466 g/mol. The van der Waals surface area contributed by atoms with Gasteiger partial charge in [-0.2, -0.15) is 5.10 Å². The van der Waals surface area contributed by atoms with Crippen LogP contribution in [0.1, 0.15) is 23.6 Å². The van der Waals surface area contributed by atoms with Gasteiger partial charge in [-0.1, -0.05) is 48.0 Å². The highest BCUT2D eigenvalue weighted by Gasteiger charge is 2.14. The highest BCUT2D eigenvalue weighted by molar-refractivity contribution is 6.40. The first-order valence-electron chi connectivity index (χ1n) is 10.1. The van der Waals surface area contributed by atoms with Gasteiger partial charge in [-0.05, 0) is 55.3 Å². The Hall–Kier alpha value is -3.84. The Morgan fingerprint density at radius 3 is 2.42 bits per heavy atom. The number of hydrazone groups is 1. The largest absolute Gasteiger partial charge is 0.493 e. The molecular weight excluding hydrogens is 442 g/mol. The number of amides is 2. The minimum Gasteiger partial charge on any atom is -0.493 e. The maximum Gasteiger partial charge on any atom is 0.329 e. The SMILES string of the molecule is COc1cc(C(C)=NNC(=O)C(=O)Nc2ccc(C)c(Cl)c2)ccc1OCc1ccccc1. The molecule has 3 aromatic carbocycles. The summed E-state index contributed by atoms with van der Waals surface area (Å²) in [5.41, 5.74) is 5.77. The molecule has 0 bridgehead atoms. The van der Waals surface area contributed by atoms with Crippen LogP contribution in [0.25, 0.3) is 0 Å². The van der Waals surface area contributed by atoms with E-state index >= 15 is 0 Å². The summed E-state index contributed by atoms with van der Waals surface area (Å²) >= 11 is 6.04. The lowest BCUT2D eigenvalue weighted by molar-refractivity contribution is -0.136. The summed E-state index contributed by atoms with van der Waals surface area (Å²) in [6.45, 7) is 3.95. The molecule has 3 rings (SSSR count). The zero-order chi connectivity index (χ0) is 23.8. The number of hydrogen-bond acceptors (Lipinski definition) is 5. The molecule has 8 heteroatoms. The van der Waals surface area contributed by atoms with Crippen molar-refractivity contribution >= 4 is 34.8 Å². The first-order chi connectivity index (χ1) is 15.9. The second-order valence-electron chi connectivity index (χ2n) is 7.20. The molecule has 0 aliphatic heterocycles. The monoisotopic (exact) mass is 465 g/mol. The standard InChI is InChI=1S/C25H24ClN3O4/c1-16-9-11-20(14-21(16)26)27-24(30)25(31)29-28-17(2)19-10-12-22(23(13-19)32-3)33-15-18-7-5-4-6-8-18/h4-14H,15H2,1-3H3,(H,27,30)(H,29,31). The van der Waals surface area contributed by atoms with E-state index in [4.69, 9.17) is 21.1 Å². The zero-order valence-electron chi connectivity index (χ0n) is 18.5. The fourth-order valence-corrected chi connectivity index (χ4v) is 3.04. The van der Waals surface area contributed by atoms with Gasteiger partial charge >= 0.3 is 11.8 Å². The van der Waals surface area contributed by atoms with Gasteiger partial charge in [0.1, 0.15) is 6.61 Å². The average Bonchev–Trinajstić information content (AvgIpc) is 2.83. The molecule has 0 unspecified atom stereocenters. The molecule has 2 amide bonds. The number of hydrogen-bond donors (Lipinski definition) is 2. The fourth-order valence-electron chi connectivity index (χ4n) is 2.86. The number of anilines is 1. The third-order valence-electron chi connectivity index (χ3n) is 4.78. The van der Waals surface area contributed by atoms with E-state index in [9.17, 15) is 9.59 Å². The Bertz CT molecular complexity index is 1180. The maximum atomic E-state index is 12.1. The molecular formula is C25H24ClN3O4. The van der Waals surface area contributed by atoms with Crippen molar-refractivity contribution < 1.29 is 19.1 Å². The smallest absolute Gasteiger partial charge is 0.329 e. The molecule has 0 saturated heterocycles. The molecule has 0 aliphatic rings. The van der Waals surface area contributed by atoms with E-state index in [0.29, 0.717) is 40.1 Å². The Kier molecular flexibility index (Phi) is 8.05. The molecule has 0 heterocycles. The number of halogens is 1. The molecule has 0 radical (unpaired) electrons. The minimum absolute atomic E-state index is 0.404. The van der Waals surface area contributed by atoms with E-state index < -0.39 is 11.8 Å². The summed E-state index contributed by atoms with van der Waals surface area (Å²) in [6.07, 6.45) is 0. The van der Waals surface area contributed by atoms with Crippen LogP contribution in [-0.2, 0) is 16.2 Å². The number of nitrogens with one attached hydrogen (secondary N) is 2. The quantitative estimate of drug-likeness (QED) is 0.300. The molecule has 0 saturated carbocycles. The number of rotatable bonds is 7. The number of carbonyl (C=O) groups is 2. The van der Waals surface area contributed by atoms with E-state index in [2.05, 4.69) is 15.8 Å². The molecule has 0 aromatic heterocycles. The van der Waals surface area contributed by atoms with E-state index in [0.717, 1.165) is 11.1 Å². The molecule has 0 fully saturated rings. The van der Waals surface area contributed by atoms with Crippen LogP contribution in [0.15, 0.2) is 71.8 Å². The lowest BCUT2D eigenvalue weighted by atomic mass is 10.1. The molecule has 7 nitrogen and oxygen atoms in total. The van der Waals surface area contributed by atoms with Crippen molar-refractivity contribution in [1.29, 1.82) is 0 Å². The van der Waals surface area contributed by atoms with Crippen LogP contribution in [-0.4, -0.2) is 24.6 Å². The number of benzene rings is 3. The van der Waals surface area contributed by atoms with Crippen molar-refractivity contribution in [3.8, 4) is 11.5 Å². The van der Waals surface area contributed by atoms with Gasteiger partial charge in [-0.3, -0.25) is 9.59 Å². The first kappa shape index (κ1) is 23.8. The van der Waals surface area contributed by atoms with Crippen molar-refractivity contribution in [2.45, 2.75) is 20.5 Å². The lowest BCUT2D eigenvalue weighted by Crippen LogP contribution is -2.32. The van der Waals surface area contributed by atoms with Crippen LogP contribution in [0, 0.1) is 6.92 Å². The molecule has 170 valence electrons. The third-order valence-corrected chi connectivity index (χ3v) is 5.19. The highest BCUT2D eigenvalue weighted by Crippen LogP contribution is 2.29. The number of ether oxygens (including phenoxy) is 2. The summed E-state index contributed by atoms with van der Waals surface area (Å²) in [6, 6.07) is 20.1. The zero-order valence-corrected chi connectivity index (χ0v) is 19.3. The van der Waals surface area contributed by atoms with Crippen LogP contribution in [0.3, 0.4) is 0 Å². The number of nitrogens with zero attached hydrogens (tertiary/aromatic N) is 1. The predicted octanol–water partition coefficient (Wildman–Crippen LogP) is 4.71. The molecule has 33 heavy (non-hydrogen) atoms. The van der Waals surface area contributed by atoms with Crippen LogP contribution in [0.4, 0.5) is 5.69 Å². The van der Waals surface area contributed by atoms with E-state index in [1.54, 1.807) is 50.4 Å². The van der Waals surface area contributed by atoms with Gasteiger partial charge in [0.25, 0.3) is 0 Å². The minimum atomic E-state index is -0.902. The van der Waals surface area contributed by atoms with E-state index in [1.807, 2.05) is 37.3 Å². The normalized spacial score (nSPS) is 11.0. The van der Waals surface area contributed by atoms with Gasteiger partial charge in [0.2, 0.25) is 0 Å². The maximum absolute atomic E-state index is 12.1. The number of carbonyl (C=O) groups excluding carboxylic acids is 2. The Morgan fingerprint density at radius 2 is 1.73 bits per heavy atom. The summed E-state index contributed by atoms with van der Waals surface area (Å²) in [4.78, 5) is 24.2. The van der Waals surface area contributed by atoms with Crippen LogP contribution in [0.5, 0.6) is 11.5 Å². The van der Waals surface area contributed by atoms with Gasteiger partial charge in [-0.15, -0.1) is 0 Å². The summed E-state index contributed by atoms with van der Waals surface area (Å²) in [7, 11) is 1.55. The lowest BCUT2D eigenvalue weighted by Gasteiger charge is -2.12. The second-order valence-corrected chi connectivity index (χ2v) is 7.60. The number of methoxy groups -OCH3 is 1. The summed E-state index contributed by atoms with van der Waals surface area (Å²) < 4.78 is 11.3. The van der Waals surface area contributed by atoms with Crippen LogP contribution >= 0.6 is 11.6 Å². The van der Waals surface area contributed by atoms with Crippen molar-refractivity contribution in [2.24, 2.45) is 5.10 Å². The topological polar surface area (TPSA) is 89.0 Å². The van der Waals surface area contributed by atoms with Gasteiger partial charge in [0, 0.05) is 16.3 Å². The Balaban J connectivity index is 1.62.